The number of nitrogens with two attached hydrogens (primary N) is 1. The number of phenols is 1. The monoisotopic (exact) mass is 241 g/mol. The van der Waals surface area contributed by atoms with E-state index >= 15 is 0 Å². The van der Waals surface area contributed by atoms with Gasteiger partial charge in [-0.1, -0.05) is 25.0 Å². The summed E-state index contributed by atoms with van der Waals surface area (Å²) < 4.78 is 0. The Hall–Kier alpha value is -0.730. The second-order valence-corrected chi connectivity index (χ2v) is 4.63. The van der Waals surface area contributed by atoms with Gasteiger partial charge in [0.25, 0.3) is 0 Å². The minimum atomic E-state index is 0. The van der Waals surface area contributed by atoms with E-state index in [1.165, 1.54) is 25.7 Å². The minimum Gasteiger partial charge on any atom is -0.508 e. The van der Waals surface area contributed by atoms with Crippen molar-refractivity contribution in [3.05, 3.63) is 29.3 Å². The van der Waals surface area contributed by atoms with Crippen molar-refractivity contribution < 1.29 is 5.11 Å². The number of aromatic hydroxyl groups is 1. The van der Waals surface area contributed by atoms with E-state index in [0.717, 1.165) is 11.1 Å². The van der Waals surface area contributed by atoms with Gasteiger partial charge < -0.3 is 10.8 Å². The van der Waals surface area contributed by atoms with Gasteiger partial charge in [-0.25, -0.2) is 0 Å². The highest BCUT2D eigenvalue weighted by atomic mass is 35.5. The first-order valence-electron chi connectivity index (χ1n) is 5.73. The summed E-state index contributed by atoms with van der Waals surface area (Å²) in [5.41, 5.74) is 8.18. The Balaban J connectivity index is 0.00000128. The molecule has 0 radical (unpaired) electrons. The van der Waals surface area contributed by atoms with Crippen LogP contribution in [0.5, 0.6) is 5.75 Å². The number of hydrogen-bond donors (Lipinski definition) is 2. The Bertz CT molecular complexity index is 348. The molecule has 3 heteroatoms. The lowest BCUT2D eigenvalue weighted by Crippen LogP contribution is -2.19. The maximum absolute atomic E-state index is 9.84. The number of halogens is 1. The molecule has 1 saturated carbocycles. The van der Waals surface area contributed by atoms with Gasteiger partial charge in [0, 0.05) is 11.6 Å². The van der Waals surface area contributed by atoms with Gasteiger partial charge in [0.2, 0.25) is 0 Å². The van der Waals surface area contributed by atoms with E-state index in [9.17, 15) is 5.11 Å². The fourth-order valence-electron chi connectivity index (χ4n) is 2.51. The lowest BCUT2D eigenvalue weighted by Gasteiger charge is -2.20. The summed E-state index contributed by atoms with van der Waals surface area (Å²) in [6.45, 7) is 1.98. The molecular weight excluding hydrogens is 222 g/mol. The van der Waals surface area contributed by atoms with Crippen LogP contribution < -0.4 is 5.73 Å². The molecule has 0 aromatic heterocycles. The summed E-state index contributed by atoms with van der Waals surface area (Å²) in [6, 6.07) is 5.79. The van der Waals surface area contributed by atoms with Crippen LogP contribution in [0.1, 0.15) is 42.9 Å². The minimum absolute atomic E-state index is 0. The summed E-state index contributed by atoms with van der Waals surface area (Å²) in [5, 5.41) is 9.84. The van der Waals surface area contributed by atoms with Crippen molar-refractivity contribution in [3.8, 4) is 5.75 Å². The molecule has 16 heavy (non-hydrogen) atoms. The van der Waals surface area contributed by atoms with Gasteiger partial charge in [0.1, 0.15) is 5.75 Å². The van der Waals surface area contributed by atoms with Gasteiger partial charge in [-0.15, -0.1) is 12.4 Å². The first kappa shape index (κ1) is 13.3. The molecule has 0 amide bonds. The van der Waals surface area contributed by atoms with E-state index in [2.05, 4.69) is 0 Å². The molecule has 0 bridgehead atoms. The normalized spacial score (nSPS) is 18.1. The molecule has 1 aliphatic rings. The van der Waals surface area contributed by atoms with Gasteiger partial charge in [-0.3, -0.25) is 0 Å². The van der Waals surface area contributed by atoms with Crippen LogP contribution in [0.4, 0.5) is 0 Å². The molecule has 0 spiro atoms. The lowest BCUT2D eigenvalue weighted by molar-refractivity contribution is 0.412. The van der Waals surface area contributed by atoms with E-state index in [0.29, 0.717) is 11.7 Å². The number of phenolic OH excluding ortho intramolecular Hbond substituents is 1. The number of aryl methyl sites for hydroxylation is 1. The van der Waals surface area contributed by atoms with Gasteiger partial charge in [0.05, 0.1) is 0 Å². The van der Waals surface area contributed by atoms with Crippen molar-refractivity contribution in [2.75, 3.05) is 0 Å². The first-order valence-corrected chi connectivity index (χ1v) is 5.73. The van der Waals surface area contributed by atoms with Crippen LogP contribution in [0.15, 0.2) is 18.2 Å². The van der Waals surface area contributed by atoms with Crippen LogP contribution in [-0.4, -0.2) is 5.11 Å². The first-order chi connectivity index (χ1) is 7.18. The highest BCUT2D eigenvalue weighted by Gasteiger charge is 2.24. The molecule has 90 valence electrons. The largest absolute Gasteiger partial charge is 0.508 e. The zero-order valence-corrected chi connectivity index (χ0v) is 10.5. The molecule has 1 aromatic rings. The van der Waals surface area contributed by atoms with Crippen LogP contribution in [0, 0.1) is 12.8 Å². The third-order valence-corrected chi connectivity index (χ3v) is 3.45. The Morgan fingerprint density at radius 3 is 2.50 bits per heavy atom. The molecule has 0 heterocycles. The van der Waals surface area contributed by atoms with Gasteiger partial charge in [-0.05, 0) is 37.3 Å². The Morgan fingerprint density at radius 1 is 1.31 bits per heavy atom. The molecule has 1 fully saturated rings. The molecule has 2 rings (SSSR count). The third-order valence-electron chi connectivity index (χ3n) is 3.45. The second kappa shape index (κ2) is 5.55. The smallest absolute Gasteiger partial charge is 0.120 e. The highest BCUT2D eigenvalue weighted by Crippen LogP contribution is 2.37. The average molecular weight is 242 g/mol. The van der Waals surface area contributed by atoms with E-state index < -0.39 is 0 Å². The quantitative estimate of drug-likeness (QED) is 0.835. The van der Waals surface area contributed by atoms with Gasteiger partial charge in [-0.2, -0.15) is 0 Å². The third kappa shape index (κ3) is 2.69. The van der Waals surface area contributed by atoms with Crippen molar-refractivity contribution in [1.82, 2.24) is 0 Å². The molecule has 2 nitrogen and oxygen atoms in total. The predicted octanol–water partition coefficient (Wildman–Crippen LogP) is 3.31. The molecule has 0 unspecified atom stereocenters. The zero-order chi connectivity index (χ0) is 10.8. The van der Waals surface area contributed by atoms with Crippen LogP contribution in [0.3, 0.4) is 0 Å². The van der Waals surface area contributed by atoms with Crippen molar-refractivity contribution in [2.45, 2.75) is 38.6 Å². The van der Waals surface area contributed by atoms with Crippen LogP contribution in [-0.2, 0) is 0 Å². The molecule has 1 aliphatic carbocycles. The molecule has 0 saturated heterocycles. The maximum Gasteiger partial charge on any atom is 0.120 e. The maximum atomic E-state index is 9.84. The highest BCUT2D eigenvalue weighted by molar-refractivity contribution is 5.85. The SMILES string of the molecule is Cc1ccc([C@H](N)C2CCCC2)c(O)c1.Cl. The summed E-state index contributed by atoms with van der Waals surface area (Å²) >= 11 is 0. The Morgan fingerprint density at radius 2 is 1.94 bits per heavy atom. The summed E-state index contributed by atoms with van der Waals surface area (Å²) in [5.74, 6) is 0.910. The van der Waals surface area contributed by atoms with Crippen molar-refractivity contribution >= 4 is 12.4 Å². The van der Waals surface area contributed by atoms with Crippen molar-refractivity contribution in [3.63, 3.8) is 0 Å². The van der Waals surface area contributed by atoms with E-state index in [1.54, 1.807) is 6.07 Å². The van der Waals surface area contributed by atoms with Crippen LogP contribution >= 0.6 is 12.4 Å². The molecule has 3 N–H and O–H groups in total. The molecule has 1 aromatic carbocycles. The summed E-state index contributed by atoms with van der Waals surface area (Å²) in [6.07, 6.45) is 4.97. The number of rotatable bonds is 2. The van der Waals surface area contributed by atoms with Gasteiger partial charge >= 0.3 is 0 Å². The fourth-order valence-corrected chi connectivity index (χ4v) is 2.51. The predicted molar refractivity (Wildman–Crippen MR) is 69.0 cm³/mol. The van der Waals surface area contributed by atoms with E-state index in [4.69, 9.17) is 5.73 Å². The Labute approximate surface area is 103 Å². The lowest BCUT2D eigenvalue weighted by atomic mass is 9.91. The van der Waals surface area contributed by atoms with Crippen LogP contribution in [0.2, 0.25) is 0 Å². The Kier molecular flexibility index (Phi) is 4.63. The molecule has 0 aliphatic heterocycles. The fraction of sp³-hybridized carbons (Fsp3) is 0.538. The molecular formula is C13H20ClNO. The molecule has 1 atom stereocenters. The van der Waals surface area contributed by atoms with Crippen molar-refractivity contribution in [2.24, 2.45) is 11.7 Å². The zero-order valence-electron chi connectivity index (χ0n) is 9.65. The van der Waals surface area contributed by atoms with Gasteiger partial charge in [0.15, 0.2) is 0 Å². The average Bonchev–Trinajstić information content (AvgIpc) is 2.69. The van der Waals surface area contributed by atoms with E-state index in [-0.39, 0.29) is 18.4 Å². The second-order valence-electron chi connectivity index (χ2n) is 4.63. The summed E-state index contributed by atoms with van der Waals surface area (Å²) in [7, 11) is 0. The van der Waals surface area contributed by atoms with E-state index in [1.807, 2.05) is 19.1 Å². The van der Waals surface area contributed by atoms with Crippen LogP contribution in [0.25, 0.3) is 0 Å². The standard InChI is InChI=1S/C13H19NO.ClH/c1-9-6-7-11(12(15)8-9)13(14)10-4-2-3-5-10;/h6-8,10,13,15H,2-5,14H2,1H3;1H/t13-;/m1./s1. The van der Waals surface area contributed by atoms with Crippen molar-refractivity contribution in [1.29, 1.82) is 0 Å². The number of hydrogen-bond acceptors (Lipinski definition) is 2. The topological polar surface area (TPSA) is 46.2 Å². The summed E-state index contributed by atoms with van der Waals surface area (Å²) in [4.78, 5) is 0. The number of benzene rings is 1.